The molecule has 2 aliphatic rings. The van der Waals surface area contributed by atoms with Crippen LogP contribution < -0.4 is 10.5 Å². The van der Waals surface area contributed by atoms with Crippen LogP contribution in [0, 0.1) is 0 Å². The van der Waals surface area contributed by atoms with Gasteiger partial charge in [-0.05, 0) is 25.7 Å². The topological polar surface area (TPSA) is 67.2 Å². The maximum absolute atomic E-state index is 13.1. The Morgan fingerprint density at radius 1 is 1.10 bits per heavy atom. The van der Waals surface area contributed by atoms with Gasteiger partial charge in [-0.25, -0.2) is 9.97 Å². The van der Waals surface area contributed by atoms with Gasteiger partial charge in [0.2, 0.25) is 0 Å². The van der Waals surface area contributed by atoms with Crippen LogP contribution in [0.1, 0.15) is 37.1 Å². The van der Waals surface area contributed by atoms with E-state index in [1.807, 2.05) is 0 Å². The first-order chi connectivity index (χ1) is 13.8. The molecule has 2 fully saturated rings. The third kappa shape index (κ3) is 4.58. The second-order valence-electron chi connectivity index (χ2n) is 7.73. The molecule has 1 aliphatic carbocycles. The molecule has 1 saturated heterocycles. The van der Waals surface area contributed by atoms with Crippen molar-refractivity contribution in [1.29, 1.82) is 0 Å². The number of piperidine rings is 1. The van der Waals surface area contributed by atoms with Gasteiger partial charge >= 0.3 is 6.18 Å². The molecule has 0 amide bonds. The van der Waals surface area contributed by atoms with E-state index < -0.39 is 11.9 Å². The Bertz CT molecular complexity index is 919. The second-order valence-corrected chi connectivity index (χ2v) is 7.73. The number of aryl methyl sites for hydroxylation is 1. The predicted octanol–water partition coefficient (Wildman–Crippen LogP) is 2.22. The highest BCUT2D eigenvalue weighted by Crippen LogP contribution is 2.37. The van der Waals surface area contributed by atoms with Gasteiger partial charge in [-0.2, -0.15) is 13.2 Å². The number of hydrogen-bond acceptors (Lipinski definition) is 6. The van der Waals surface area contributed by atoms with E-state index in [4.69, 9.17) is 0 Å². The zero-order chi connectivity index (χ0) is 20.6. The van der Waals surface area contributed by atoms with Gasteiger partial charge in [-0.3, -0.25) is 14.7 Å². The highest BCUT2D eigenvalue weighted by molar-refractivity contribution is 5.44. The number of halogens is 3. The Hall–Kier alpha value is -2.49. The van der Waals surface area contributed by atoms with E-state index in [-0.39, 0.29) is 17.6 Å². The zero-order valence-electron chi connectivity index (χ0n) is 16.1. The first-order valence-corrected chi connectivity index (χ1v) is 9.73. The molecule has 2 aromatic rings. The Balaban J connectivity index is 1.43. The standard InChI is InChI=1S/C19H23F3N6O/c1-26-10-13(23-9-18(26)29)11-27-6-4-15(5-7-27)28(14-2-3-14)17-8-16(19(20,21)22)24-12-25-17/h8-10,12,14-15H,2-7,11H2,1H3. The van der Waals surface area contributed by atoms with Gasteiger partial charge in [0.25, 0.3) is 5.56 Å². The molecule has 4 rings (SSSR count). The van der Waals surface area contributed by atoms with Gasteiger partial charge < -0.3 is 9.47 Å². The molecular weight excluding hydrogens is 385 g/mol. The number of likely N-dealkylation sites (tertiary alicyclic amines) is 1. The van der Waals surface area contributed by atoms with Crippen molar-refractivity contribution in [1.82, 2.24) is 24.4 Å². The largest absolute Gasteiger partial charge is 0.433 e. The van der Waals surface area contributed by atoms with Crippen LogP contribution in [0.15, 0.2) is 29.6 Å². The molecule has 2 aromatic heterocycles. The average Bonchev–Trinajstić information content (AvgIpc) is 3.51. The minimum Gasteiger partial charge on any atom is -0.350 e. The van der Waals surface area contributed by atoms with Gasteiger partial charge in [-0.1, -0.05) is 0 Å². The van der Waals surface area contributed by atoms with Crippen molar-refractivity contribution in [3.63, 3.8) is 0 Å². The highest BCUT2D eigenvalue weighted by atomic mass is 19.4. The van der Waals surface area contributed by atoms with Gasteiger partial charge in [0, 0.05) is 51.0 Å². The van der Waals surface area contributed by atoms with Gasteiger partial charge in [-0.15, -0.1) is 0 Å². The molecule has 0 bridgehead atoms. The van der Waals surface area contributed by atoms with Gasteiger partial charge in [0.15, 0.2) is 0 Å². The molecule has 0 N–H and O–H groups in total. The molecule has 0 spiro atoms. The molecule has 0 atom stereocenters. The summed E-state index contributed by atoms with van der Waals surface area (Å²) in [6.07, 6.45) is 3.24. The number of nitrogens with zero attached hydrogens (tertiary/aromatic N) is 6. The number of rotatable bonds is 5. The molecule has 7 nitrogen and oxygen atoms in total. The summed E-state index contributed by atoms with van der Waals surface area (Å²) < 4.78 is 40.7. The highest BCUT2D eigenvalue weighted by Gasteiger charge is 2.38. The maximum atomic E-state index is 13.1. The lowest BCUT2D eigenvalue weighted by Gasteiger charge is -2.39. The Labute approximate surface area is 166 Å². The van der Waals surface area contributed by atoms with E-state index in [1.54, 1.807) is 13.2 Å². The van der Waals surface area contributed by atoms with Crippen molar-refractivity contribution >= 4 is 5.82 Å². The third-order valence-corrected chi connectivity index (χ3v) is 5.52. The minimum atomic E-state index is -4.47. The summed E-state index contributed by atoms with van der Waals surface area (Å²) in [6.45, 7) is 2.28. The van der Waals surface area contributed by atoms with E-state index >= 15 is 0 Å². The van der Waals surface area contributed by atoms with Crippen molar-refractivity contribution in [3.05, 3.63) is 46.5 Å². The van der Waals surface area contributed by atoms with E-state index in [1.165, 1.54) is 10.8 Å². The van der Waals surface area contributed by atoms with E-state index in [2.05, 4.69) is 24.8 Å². The molecular formula is C19H23F3N6O. The van der Waals surface area contributed by atoms with Gasteiger partial charge in [0.05, 0.1) is 11.9 Å². The summed E-state index contributed by atoms with van der Waals surface area (Å²) in [5.74, 6) is 0.369. The fraction of sp³-hybridized carbons (Fsp3) is 0.579. The van der Waals surface area contributed by atoms with Crippen molar-refractivity contribution in [2.45, 2.75) is 50.5 Å². The van der Waals surface area contributed by atoms with Crippen LogP contribution in [0.2, 0.25) is 0 Å². The molecule has 10 heteroatoms. The second kappa shape index (κ2) is 7.74. The summed E-state index contributed by atoms with van der Waals surface area (Å²) in [5, 5.41) is 0. The summed E-state index contributed by atoms with van der Waals surface area (Å²) in [7, 11) is 1.70. The molecule has 1 aliphatic heterocycles. The maximum Gasteiger partial charge on any atom is 0.433 e. The van der Waals surface area contributed by atoms with E-state index in [9.17, 15) is 18.0 Å². The summed E-state index contributed by atoms with van der Waals surface area (Å²) in [6, 6.07) is 1.48. The summed E-state index contributed by atoms with van der Waals surface area (Å²) in [4.78, 5) is 27.5. The fourth-order valence-electron chi connectivity index (χ4n) is 3.88. The minimum absolute atomic E-state index is 0.143. The lowest BCUT2D eigenvalue weighted by molar-refractivity contribution is -0.141. The lowest BCUT2D eigenvalue weighted by atomic mass is 10.0. The Morgan fingerprint density at radius 3 is 2.41 bits per heavy atom. The Kier molecular flexibility index (Phi) is 5.28. The summed E-state index contributed by atoms with van der Waals surface area (Å²) in [5.41, 5.74) is -0.211. The average molecular weight is 408 g/mol. The fourth-order valence-corrected chi connectivity index (χ4v) is 3.88. The number of anilines is 1. The van der Waals surface area contributed by atoms with Crippen molar-refractivity contribution < 1.29 is 13.2 Å². The first-order valence-electron chi connectivity index (χ1n) is 9.73. The van der Waals surface area contributed by atoms with Crippen LogP contribution in [0.4, 0.5) is 19.0 Å². The first kappa shape index (κ1) is 19.8. The number of hydrogen-bond donors (Lipinski definition) is 0. The molecule has 0 aromatic carbocycles. The molecule has 29 heavy (non-hydrogen) atoms. The molecule has 156 valence electrons. The van der Waals surface area contributed by atoms with Crippen molar-refractivity contribution in [3.8, 4) is 0 Å². The smallest absolute Gasteiger partial charge is 0.350 e. The van der Waals surface area contributed by atoms with Crippen molar-refractivity contribution in [2.24, 2.45) is 7.05 Å². The number of aromatic nitrogens is 4. The van der Waals surface area contributed by atoms with E-state index in [0.29, 0.717) is 12.4 Å². The normalized spacial score (nSPS) is 18.8. The quantitative estimate of drug-likeness (QED) is 0.756. The Morgan fingerprint density at radius 2 is 1.79 bits per heavy atom. The molecule has 1 saturated carbocycles. The summed E-state index contributed by atoms with van der Waals surface area (Å²) >= 11 is 0. The van der Waals surface area contributed by atoms with Crippen LogP contribution >= 0.6 is 0 Å². The van der Waals surface area contributed by atoms with Crippen LogP contribution in [0.5, 0.6) is 0 Å². The SMILES string of the molecule is Cn1cc(CN2CCC(N(c3cc(C(F)(F)F)ncn3)C3CC3)CC2)ncc1=O. The van der Waals surface area contributed by atoms with Crippen LogP contribution in [-0.4, -0.2) is 49.6 Å². The van der Waals surface area contributed by atoms with E-state index in [0.717, 1.165) is 56.9 Å². The van der Waals surface area contributed by atoms with Crippen molar-refractivity contribution in [2.75, 3.05) is 18.0 Å². The third-order valence-electron chi connectivity index (χ3n) is 5.52. The van der Waals surface area contributed by atoms with Crippen LogP contribution in [-0.2, 0) is 19.8 Å². The van der Waals surface area contributed by atoms with Gasteiger partial charge in [0.1, 0.15) is 17.8 Å². The number of alkyl halides is 3. The molecule has 3 heterocycles. The van der Waals surface area contributed by atoms with Crippen LogP contribution in [0.3, 0.4) is 0 Å². The lowest BCUT2D eigenvalue weighted by Crippen LogP contribution is -2.46. The molecule has 0 unspecified atom stereocenters. The van der Waals surface area contributed by atoms with Crippen LogP contribution in [0.25, 0.3) is 0 Å². The monoisotopic (exact) mass is 408 g/mol. The zero-order valence-corrected chi connectivity index (χ0v) is 16.1. The predicted molar refractivity (Wildman–Crippen MR) is 100 cm³/mol. The molecule has 0 radical (unpaired) electrons.